The second kappa shape index (κ2) is 6.82. The van der Waals surface area contributed by atoms with Gasteiger partial charge in [0.2, 0.25) is 11.8 Å². The van der Waals surface area contributed by atoms with Crippen molar-refractivity contribution >= 4 is 11.7 Å². The van der Waals surface area contributed by atoms with Gasteiger partial charge in [-0.1, -0.05) is 25.1 Å². The van der Waals surface area contributed by atoms with Crippen molar-refractivity contribution < 1.29 is 5.11 Å². The van der Waals surface area contributed by atoms with Crippen LogP contribution in [0.15, 0.2) is 44.1 Å². The molecular formula is C15H18N6O3. The van der Waals surface area contributed by atoms with Crippen LogP contribution in [-0.2, 0) is 0 Å². The summed E-state index contributed by atoms with van der Waals surface area (Å²) in [5, 5.41) is 17.8. The van der Waals surface area contributed by atoms with Gasteiger partial charge in [-0.3, -0.25) is 9.78 Å². The van der Waals surface area contributed by atoms with Crippen molar-refractivity contribution in [1.29, 1.82) is 0 Å². The maximum Gasteiger partial charge on any atom is 0.335 e. The second-order valence-corrected chi connectivity index (χ2v) is 5.00. The third-order valence-corrected chi connectivity index (χ3v) is 3.35. The maximum absolute atomic E-state index is 12.2. The lowest BCUT2D eigenvalue weighted by Crippen LogP contribution is -2.33. The fourth-order valence-corrected chi connectivity index (χ4v) is 2.24. The van der Waals surface area contributed by atoms with E-state index >= 15 is 0 Å². The van der Waals surface area contributed by atoms with Crippen LogP contribution in [0.5, 0.6) is 5.88 Å². The first-order valence-electron chi connectivity index (χ1n) is 7.17. The standard InChI is InChI=1S/C15H18N6O3/c1-3-9(19-20-14(16)17)11-12(22)18-15(24)21(13(11)23)10-7-5-4-6-8(10)2/h4-7,23H,3H2,1-2H3,(H4,16,17,20)(H,18,22,24)/b19-9+. The Morgan fingerprint density at radius 2 is 1.92 bits per heavy atom. The molecule has 0 aliphatic rings. The SMILES string of the molecule is CC/C(=N\N=C(N)N)c1c(O)n(-c2ccccc2C)c(=O)[nH]c1=O. The predicted octanol–water partition coefficient (Wildman–Crippen LogP) is -0.0727. The molecule has 2 rings (SSSR count). The number of aromatic hydroxyl groups is 1. The van der Waals surface area contributed by atoms with Crippen molar-refractivity contribution in [3.8, 4) is 11.6 Å². The van der Waals surface area contributed by atoms with Crippen LogP contribution in [0.2, 0.25) is 0 Å². The molecule has 0 aliphatic carbocycles. The van der Waals surface area contributed by atoms with Gasteiger partial charge >= 0.3 is 5.69 Å². The molecule has 0 atom stereocenters. The first-order valence-corrected chi connectivity index (χ1v) is 7.17. The molecule has 1 heterocycles. The first-order chi connectivity index (χ1) is 11.4. The molecule has 1 aromatic heterocycles. The number of hydrogen-bond acceptors (Lipinski definition) is 5. The third-order valence-electron chi connectivity index (χ3n) is 3.35. The quantitative estimate of drug-likeness (QED) is 0.351. The van der Waals surface area contributed by atoms with Gasteiger partial charge in [-0.05, 0) is 25.0 Å². The summed E-state index contributed by atoms with van der Waals surface area (Å²) in [5.74, 6) is -0.812. The zero-order valence-corrected chi connectivity index (χ0v) is 13.3. The molecule has 0 bridgehead atoms. The average molecular weight is 330 g/mol. The van der Waals surface area contributed by atoms with E-state index in [1.165, 1.54) is 0 Å². The zero-order valence-electron chi connectivity index (χ0n) is 13.3. The summed E-state index contributed by atoms with van der Waals surface area (Å²) in [6, 6.07) is 6.94. The molecule has 0 amide bonds. The third kappa shape index (κ3) is 3.19. The molecule has 0 saturated carbocycles. The van der Waals surface area contributed by atoms with Crippen molar-refractivity contribution in [2.45, 2.75) is 20.3 Å². The normalized spacial score (nSPS) is 11.3. The van der Waals surface area contributed by atoms with E-state index in [0.29, 0.717) is 5.69 Å². The highest BCUT2D eigenvalue weighted by molar-refractivity contribution is 6.02. The number of nitrogens with two attached hydrogens (primary N) is 2. The summed E-state index contributed by atoms with van der Waals surface area (Å²) in [5.41, 5.74) is 10.1. The number of H-pyrrole nitrogens is 1. The van der Waals surface area contributed by atoms with Gasteiger partial charge < -0.3 is 16.6 Å². The number of nitrogens with one attached hydrogen (secondary N) is 1. The molecule has 0 unspecified atom stereocenters. The van der Waals surface area contributed by atoms with Crippen LogP contribution in [0.3, 0.4) is 0 Å². The first kappa shape index (κ1) is 17.0. The molecule has 6 N–H and O–H groups in total. The predicted molar refractivity (Wildman–Crippen MR) is 91.7 cm³/mol. The monoisotopic (exact) mass is 330 g/mol. The highest BCUT2D eigenvalue weighted by Crippen LogP contribution is 2.20. The molecule has 0 fully saturated rings. The summed E-state index contributed by atoms with van der Waals surface area (Å²) in [7, 11) is 0. The minimum atomic E-state index is -0.770. The molecule has 2 aromatic rings. The van der Waals surface area contributed by atoms with Crippen LogP contribution in [0, 0.1) is 6.92 Å². The van der Waals surface area contributed by atoms with E-state index in [-0.39, 0.29) is 23.7 Å². The van der Waals surface area contributed by atoms with Gasteiger partial charge in [0.1, 0.15) is 5.56 Å². The number of aromatic amines is 1. The van der Waals surface area contributed by atoms with Gasteiger partial charge in [0.25, 0.3) is 5.56 Å². The summed E-state index contributed by atoms with van der Waals surface area (Å²) >= 11 is 0. The van der Waals surface area contributed by atoms with E-state index in [1.54, 1.807) is 38.1 Å². The molecule has 0 radical (unpaired) electrons. The Kier molecular flexibility index (Phi) is 4.83. The number of aryl methyl sites for hydroxylation is 1. The van der Waals surface area contributed by atoms with E-state index in [1.807, 2.05) is 0 Å². The minimum Gasteiger partial charge on any atom is -0.493 e. The molecule has 0 saturated heterocycles. The summed E-state index contributed by atoms with van der Waals surface area (Å²) in [4.78, 5) is 26.5. The highest BCUT2D eigenvalue weighted by atomic mass is 16.3. The number of nitrogens with zero attached hydrogens (tertiary/aromatic N) is 3. The van der Waals surface area contributed by atoms with E-state index in [4.69, 9.17) is 11.5 Å². The Balaban J connectivity index is 2.81. The summed E-state index contributed by atoms with van der Waals surface area (Å²) in [6.07, 6.45) is 0.263. The van der Waals surface area contributed by atoms with Crippen molar-refractivity contribution in [1.82, 2.24) is 9.55 Å². The number of guanidine groups is 1. The Hall–Kier alpha value is -3.36. The van der Waals surface area contributed by atoms with Gasteiger partial charge in [-0.15, -0.1) is 5.10 Å². The van der Waals surface area contributed by atoms with Crippen LogP contribution in [0.25, 0.3) is 5.69 Å². The maximum atomic E-state index is 12.2. The fourth-order valence-electron chi connectivity index (χ4n) is 2.24. The van der Waals surface area contributed by atoms with Gasteiger partial charge in [0, 0.05) is 0 Å². The van der Waals surface area contributed by atoms with Crippen molar-refractivity contribution in [2.24, 2.45) is 21.7 Å². The Labute approximate surface area is 137 Å². The van der Waals surface area contributed by atoms with Crippen molar-refractivity contribution in [3.63, 3.8) is 0 Å². The highest BCUT2D eigenvalue weighted by Gasteiger charge is 2.20. The van der Waals surface area contributed by atoms with Crippen LogP contribution in [0.1, 0.15) is 24.5 Å². The van der Waals surface area contributed by atoms with Crippen LogP contribution >= 0.6 is 0 Å². The molecule has 24 heavy (non-hydrogen) atoms. The molecule has 126 valence electrons. The average Bonchev–Trinajstić information content (AvgIpc) is 2.51. The van der Waals surface area contributed by atoms with Gasteiger partial charge in [0.05, 0.1) is 11.4 Å². The summed E-state index contributed by atoms with van der Waals surface area (Å²) < 4.78 is 1.01. The lowest BCUT2D eigenvalue weighted by molar-refractivity contribution is 0.429. The largest absolute Gasteiger partial charge is 0.493 e. The lowest BCUT2D eigenvalue weighted by atomic mass is 10.1. The number of benzene rings is 1. The van der Waals surface area contributed by atoms with Gasteiger partial charge in [0.15, 0.2) is 0 Å². The van der Waals surface area contributed by atoms with Crippen LogP contribution in [0.4, 0.5) is 0 Å². The Bertz CT molecular complexity index is 935. The number of hydrogen-bond donors (Lipinski definition) is 4. The number of para-hydroxylation sites is 1. The van der Waals surface area contributed by atoms with E-state index in [9.17, 15) is 14.7 Å². The van der Waals surface area contributed by atoms with Gasteiger partial charge in [-0.25, -0.2) is 9.36 Å². The smallest absolute Gasteiger partial charge is 0.335 e. The molecule has 0 spiro atoms. The van der Waals surface area contributed by atoms with E-state index < -0.39 is 17.1 Å². The van der Waals surface area contributed by atoms with Crippen LogP contribution in [-0.4, -0.2) is 26.3 Å². The topological polar surface area (TPSA) is 152 Å². The molecule has 0 aliphatic heterocycles. The number of aromatic nitrogens is 2. The fraction of sp³-hybridized carbons (Fsp3) is 0.200. The second-order valence-electron chi connectivity index (χ2n) is 5.00. The zero-order chi connectivity index (χ0) is 17.9. The Morgan fingerprint density at radius 3 is 2.50 bits per heavy atom. The van der Waals surface area contributed by atoms with E-state index in [0.717, 1.165) is 10.1 Å². The molecular weight excluding hydrogens is 312 g/mol. The molecule has 9 heteroatoms. The molecule has 1 aromatic carbocycles. The summed E-state index contributed by atoms with van der Waals surface area (Å²) in [6.45, 7) is 3.49. The van der Waals surface area contributed by atoms with E-state index in [2.05, 4.69) is 15.2 Å². The van der Waals surface area contributed by atoms with Gasteiger partial charge in [-0.2, -0.15) is 5.10 Å². The Morgan fingerprint density at radius 1 is 1.25 bits per heavy atom. The lowest BCUT2D eigenvalue weighted by Gasteiger charge is -2.13. The molecule has 9 nitrogen and oxygen atoms in total. The van der Waals surface area contributed by atoms with Crippen LogP contribution < -0.4 is 22.7 Å². The van der Waals surface area contributed by atoms with Crippen molar-refractivity contribution in [2.75, 3.05) is 0 Å². The number of rotatable bonds is 4. The van der Waals surface area contributed by atoms with Crippen molar-refractivity contribution in [3.05, 3.63) is 56.2 Å². The minimum absolute atomic E-state index is 0.143.